The van der Waals surface area contributed by atoms with Crippen LogP contribution in [0.2, 0.25) is 5.02 Å². The molecule has 1 aliphatic heterocycles. The summed E-state index contributed by atoms with van der Waals surface area (Å²) in [4.78, 5) is 29.6. The average molecular weight is 540 g/mol. The van der Waals surface area contributed by atoms with Gasteiger partial charge in [-0.1, -0.05) is 39.3 Å². The number of esters is 1. The molecule has 1 saturated heterocycles. The van der Waals surface area contributed by atoms with E-state index in [1.165, 1.54) is 12.0 Å². The molecule has 1 amide bonds. The lowest BCUT2D eigenvalue weighted by Crippen LogP contribution is -2.46. The number of carbonyl (C=O) groups is 2. The number of ether oxygens (including phenoxy) is 3. The number of halogens is 3. The molecule has 0 spiro atoms. The Kier molecular flexibility index (Phi) is 11.3. The molecule has 1 fully saturated rings. The fraction of sp³-hybridized carbons (Fsp3) is 0.423. The van der Waals surface area contributed by atoms with Gasteiger partial charge in [-0.25, -0.2) is 23.4 Å². The molecule has 0 N–H and O–H groups in total. The minimum absolute atomic E-state index is 0.0440. The Morgan fingerprint density at radius 2 is 1.76 bits per heavy atom. The summed E-state index contributed by atoms with van der Waals surface area (Å²) in [5.41, 5.74) is 0.237. The highest BCUT2D eigenvalue weighted by Gasteiger charge is 2.29. The molecule has 0 saturated carbocycles. The van der Waals surface area contributed by atoms with Gasteiger partial charge in [0.2, 0.25) is 0 Å². The first-order chi connectivity index (χ1) is 17.8. The van der Waals surface area contributed by atoms with Crippen LogP contribution in [0.5, 0.6) is 0 Å². The van der Waals surface area contributed by atoms with Gasteiger partial charge in [0.15, 0.2) is 0 Å². The Labute approximate surface area is 220 Å². The lowest BCUT2D eigenvalue weighted by Gasteiger charge is -2.32. The Bertz CT molecular complexity index is 1210. The van der Waals surface area contributed by atoms with Crippen molar-refractivity contribution in [3.05, 3.63) is 58.4 Å². The normalized spacial score (nSPS) is 14.7. The van der Waals surface area contributed by atoms with Crippen LogP contribution in [-0.4, -0.2) is 66.4 Å². The van der Waals surface area contributed by atoms with E-state index in [1.54, 1.807) is 22.7 Å². The van der Waals surface area contributed by atoms with E-state index in [2.05, 4.69) is 9.72 Å². The van der Waals surface area contributed by atoms with Crippen molar-refractivity contribution in [2.24, 2.45) is 0 Å². The highest BCUT2D eigenvalue weighted by Crippen LogP contribution is 2.32. The van der Waals surface area contributed by atoms with Crippen LogP contribution >= 0.6 is 11.6 Å². The van der Waals surface area contributed by atoms with Gasteiger partial charge in [-0.3, -0.25) is 0 Å². The maximum atomic E-state index is 15.0. The van der Waals surface area contributed by atoms with E-state index in [4.69, 9.17) is 21.1 Å². The zero-order valence-electron chi connectivity index (χ0n) is 21.8. The number of pyridine rings is 1. The fourth-order valence-electron chi connectivity index (χ4n) is 3.85. The molecule has 202 valence electrons. The van der Waals surface area contributed by atoms with E-state index in [9.17, 15) is 9.59 Å². The van der Waals surface area contributed by atoms with E-state index < -0.39 is 35.4 Å². The van der Waals surface area contributed by atoms with E-state index in [0.717, 1.165) is 19.2 Å². The molecule has 3 heterocycles. The third kappa shape index (κ3) is 6.75. The molecule has 37 heavy (non-hydrogen) atoms. The molecular formula is C26H32ClF2N3O5. The minimum Gasteiger partial charge on any atom is -0.465 e. The molecule has 0 aliphatic carbocycles. The number of aromatic nitrogens is 2. The second-order valence-corrected chi connectivity index (χ2v) is 7.84. The zero-order chi connectivity index (χ0) is 27.7. The number of hydrogen-bond acceptors (Lipinski definition) is 6. The molecule has 4 rings (SSSR count). The summed E-state index contributed by atoms with van der Waals surface area (Å²) in [7, 11) is 2.42. The number of nitrogens with zero attached hydrogens (tertiary/aromatic N) is 3. The standard InChI is InChI=1S/C22H20ClF2N3O5.2C2H6/c1-31-21(29)12-7-15(24)19(16(25)8-12)20-17(28-4-3-13(23)9-18(28)26-20)10-14-11-27(5-6-33-14)22(30)32-2;2*1-2/h3-4,7-9,14H,5-6,10-11H2,1-2H3;2*1-2H3. The van der Waals surface area contributed by atoms with Crippen LogP contribution in [-0.2, 0) is 20.6 Å². The van der Waals surface area contributed by atoms with Crippen LogP contribution < -0.4 is 0 Å². The van der Waals surface area contributed by atoms with Crippen molar-refractivity contribution in [3.63, 3.8) is 0 Å². The van der Waals surface area contributed by atoms with Crippen LogP contribution in [0.3, 0.4) is 0 Å². The van der Waals surface area contributed by atoms with Crippen molar-refractivity contribution in [2.75, 3.05) is 33.9 Å². The first kappa shape index (κ1) is 30.0. The van der Waals surface area contributed by atoms with Gasteiger partial charge < -0.3 is 23.5 Å². The van der Waals surface area contributed by atoms with Crippen molar-refractivity contribution in [1.82, 2.24) is 14.3 Å². The maximum Gasteiger partial charge on any atom is 0.409 e. The molecule has 2 aromatic heterocycles. The van der Waals surface area contributed by atoms with E-state index in [-0.39, 0.29) is 30.8 Å². The van der Waals surface area contributed by atoms with Crippen LogP contribution in [0.15, 0.2) is 30.5 Å². The zero-order valence-corrected chi connectivity index (χ0v) is 22.6. The predicted molar refractivity (Wildman–Crippen MR) is 137 cm³/mol. The summed E-state index contributed by atoms with van der Waals surface area (Å²) in [6.45, 7) is 8.89. The first-order valence-corrected chi connectivity index (χ1v) is 12.4. The molecule has 1 unspecified atom stereocenters. The second kappa shape index (κ2) is 13.9. The third-order valence-corrected chi connectivity index (χ3v) is 5.61. The van der Waals surface area contributed by atoms with Crippen molar-refractivity contribution in [1.29, 1.82) is 0 Å². The average Bonchev–Trinajstić information content (AvgIpc) is 3.26. The smallest absolute Gasteiger partial charge is 0.409 e. The van der Waals surface area contributed by atoms with Gasteiger partial charge >= 0.3 is 12.1 Å². The molecule has 0 bridgehead atoms. The highest BCUT2D eigenvalue weighted by molar-refractivity contribution is 6.30. The summed E-state index contributed by atoms with van der Waals surface area (Å²) in [5.74, 6) is -2.79. The SMILES string of the molecule is CC.CC.COC(=O)c1cc(F)c(-c2nc3cc(Cl)ccn3c2CC2CN(C(=O)OC)CCO2)c(F)c1. The Morgan fingerprint density at radius 1 is 1.11 bits per heavy atom. The van der Waals surface area contributed by atoms with Gasteiger partial charge in [0.05, 0.1) is 56.0 Å². The quantitative estimate of drug-likeness (QED) is 0.391. The number of hydrogen-bond donors (Lipinski definition) is 0. The summed E-state index contributed by atoms with van der Waals surface area (Å²) in [5, 5.41) is 0.401. The molecule has 1 aliphatic rings. The van der Waals surface area contributed by atoms with Crippen molar-refractivity contribution >= 4 is 29.3 Å². The number of methoxy groups -OCH3 is 2. The Morgan fingerprint density at radius 3 is 2.35 bits per heavy atom. The van der Waals surface area contributed by atoms with Gasteiger partial charge in [0.25, 0.3) is 0 Å². The third-order valence-electron chi connectivity index (χ3n) is 5.38. The lowest BCUT2D eigenvalue weighted by molar-refractivity contribution is -0.0241. The minimum atomic E-state index is -0.966. The largest absolute Gasteiger partial charge is 0.465 e. The summed E-state index contributed by atoms with van der Waals surface area (Å²) < 4.78 is 46.9. The number of benzene rings is 1. The van der Waals surface area contributed by atoms with E-state index >= 15 is 8.78 Å². The number of fused-ring (bicyclic) bond motifs is 1. The summed E-state index contributed by atoms with van der Waals surface area (Å²) >= 11 is 6.09. The van der Waals surface area contributed by atoms with Crippen LogP contribution in [0.25, 0.3) is 16.9 Å². The number of rotatable bonds is 4. The number of amides is 1. The molecule has 1 aromatic carbocycles. The molecule has 3 aromatic rings. The highest BCUT2D eigenvalue weighted by atomic mass is 35.5. The van der Waals surface area contributed by atoms with Gasteiger partial charge in [-0.05, 0) is 18.2 Å². The Balaban J connectivity index is 0.00000115. The number of morpholine rings is 1. The van der Waals surface area contributed by atoms with Gasteiger partial charge in [0, 0.05) is 30.3 Å². The first-order valence-electron chi connectivity index (χ1n) is 12.0. The molecule has 11 heteroatoms. The van der Waals surface area contributed by atoms with Crippen LogP contribution in [0.4, 0.5) is 13.6 Å². The van der Waals surface area contributed by atoms with Gasteiger partial charge in [0.1, 0.15) is 17.3 Å². The molecule has 0 radical (unpaired) electrons. The summed E-state index contributed by atoms with van der Waals surface area (Å²) in [6, 6.07) is 5.00. The lowest BCUT2D eigenvalue weighted by atomic mass is 10.0. The fourth-order valence-corrected chi connectivity index (χ4v) is 4.01. The monoisotopic (exact) mass is 539 g/mol. The molecular weight excluding hydrogens is 508 g/mol. The summed E-state index contributed by atoms with van der Waals surface area (Å²) in [6.07, 6.45) is 0.892. The van der Waals surface area contributed by atoms with E-state index in [1.807, 2.05) is 27.7 Å². The maximum absolute atomic E-state index is 15.0. The number of carbonyl (C=O) groups excluding carboxylic acids is 2. The predicted octanol–water partition coefficient (Wildman–Crippen LogP) is 5.78. The number of imidazole rings is 1. The molecule has 1 atom stereocenters. The van der Waals surface area contributed by atoms with Crippen LogP contribution in [0.1, 0.15) is 43.7 Å². The van der Waals surface area contributed by atoms with Gasteiger partial charge in [-0.15, -0.1) is 0 Å². The topological polar surface area (TPSA) is 82.4 Å². The molecule has 8 nitrogen and oxygen atoms in total. The van der Waals surface area contributed by atoms with Gasteiger partial charge in [-0.2, -0.15) is 0 Å². The second-order valence-electron chi connectivity index (χ2n) is 7.40. The van der Waals surface area contributed by atoms with Crippen LogP contribution in [0, 0.1) is 11.6 Å². The van der Waals surface area contributed by atoms with Crippen molar-refractivity contribution in [2.45, 2.75) is 40.2 Å². The van der Waals surface area contributed by atoms with E-state index in [0.29, 0.717) is 22.9 Å². The Hall–Kier alpha value is -3.24. The van der Waals surface area contributed by atoms with Crippen molar-refractivity contribution < 1.29 is 32.6 Å². The van der Waals surface area contributed by atoms with Crippen molar-refractivity contribution in [3.8, 4) is 11.3 Å².